The standard InChI is InChI=1S/C24H26FN2O4P/c25-19-14-17(8-11-22(19)29)24(31)20(15-27-12-1-2-13-27)26-23(30)5-3-4-21(28)16-6-9-18(32)10-7-16/h6-11,14,29H,1-5,12-13,15,32H2/p+3. The van der Waals surface area contributed by atoms with Gasteiger partial charge in [0.1, 0.15) is 0 Å². The fourth-order valence-corrected chi connectivity index (χ4v) is 3.82. The van der Waals surface area contributed by atoms with E-state index in [9.17, 15) is 18.8 Å². The summed E-state index contributed by atoms with van der Waals surface area (Å²) in [7, 11) is 2.57. The van der Waals surface area contributed by atoms with E-state index < -0.39 is 5.82 Å². The van der Waals surface area contributed by atoms with Gasteiger partial charge in [0.2, 0.25) is 5.82 Å². The van der Waals surface area contributed by atoms with Crippen LogP contribution >= 0.6 is 9.24 Å². The number of hydrogen-bond donors (Lipinski definition) is 1. The topological polar surface area (TPSA) is 95.7 Å². The van der Waals surface area contributed by atoms with E-state index in [1.165, 1.54) is 12.1 Å². The molecule has 2 aromatic rings. The highest BCUT2D eigenvalue weighted by atomic mass is 31.0. The van der Waals surface area contributed by atoms with Crippen molar-refractivity contribution >= 4 is 37.7 Å². The van der Waals surface area contributed by atoms with Crippen LogP contribution in [0.25, 0.3) is 0 Å². The zero-order chi connectivity index (χ0) is 23.1. The van der Waals surface area contributed by atoms with Gasteiger partial charge >= 0.3 is 17.4 Å². The summed E-state index contributed by atoms with van der Waals surface area (Å²) in [5, 5.41) is 8.46. The zero-order valence-corrected chi connectivity index (χ0v) is 19.0. The van der Waals surface area contributed by atoms with Gasteiger partial charge in [-0.1, -0.05) is 24.3 Å². The van der Waals surface area contributed by atoms with E-state index in [2.05, 4.69) is 19.1 Å². The van der Waals surface area contributed by atoms with Crippen molar-refractivity contribution in [3.63, 3.8) is 0 Å². The Bertz CT molecular complexity index is 1030. The predicted octanol–water partition coefficient (Wildman–Crippen LogP) is 0.854. The molecule has 3 rings (SSSR count). The van der Waals surface area contributed by atoms with Crippen molar-refractivity contribution in [1.82, 2.24) is 4.90 Å². The van der Waals surface area contributed by atoms with Crippen molar-refractivity contribution in [2.75, 3.05) is 19.6 Å². The quantitative estimate of drug-likeness (QED) is 0.261. The SMILES string of the molecule is O=C(CCCC(=O)c1ccc(P)cc1)[NH+]=C(CN1CCCC1)C(=[OH+])c1ccc([OH2+])c(F)c1. The lowest BCUT2D eigenvalue weighted by molar-refractivity contribution is -0.377. The van der Waals surface area contributed by atoms with E-state index in [0.29, 0.717) is 24.2 Å². The normalized spacial score (nSPS) is 14.5. The molecule has 1 amide bonds. The number of Topliss-reactive ketones (excluding diaryl/α,β-unsaturated/α-hetero) is 1. The van der Waals surface area contributed by atoms with Gasteiger partial charge in [-0.15, -0.1) is 9.24 Å². The minimum Gasteiger partial charge on any atom is -0.591 e. The summed E-state index contributed by atoms with van der Waals surface area (Å²) in [6, 6.07) is 11.0. The lowest BCUT2D eigenvalue weighted by atomic mass is 10.0. The number of nitrogens with one attached hydrogen (secondary N) is 1. The first-order valence-corrected chi connectivity index (χ1v) is 11.3. The maximum Gasteiger partial charge on any atom is 0.414 e. The number of benzene rings is 2. The monoisotopic (exact) mass is 459 g/mol. The van der Waals surface area contributed by atoms with Gasteiger partial charge in [0, 0.05) is 24.1 Å². The molecule has 1 unspecified atom stereocenters. The molecule has 0 radical (unpaired) electrons. The van der Waals surface area contributed by atoms with Crippen molar-refractivity contribution < 1.29 is 28.9 Å². The molecule has 0 saturated carbocycles. The number of ketones is 2. The Morgan fingerprint density at radius 2 is 1.72 bits per heavy atom. The van der Waals surface area contributed by atoms with Crippen LogP contribution in [-0.2, 0) is 4.79 Å². The molecule has 168 valence electrons. The van der Waals surface area contributed by atoms with Gasteiger partial charge in [0.25, 0.3) is 5.75 Å². The highest BCUT2D eigenvalue weighted by Gasteiger charge is 2.32. The van der Waals surface area contributed by atoms with Gasteiger partial charge < -0.3 is 5.11 Å². The van der Waals surface area contributed by atoms with E-state index in [1.54, 1.807) is 12.1 Å². The molecule has 1 heterocycles. The molecule has 6 nitrogen and oxygen atoms in total. The number of halogens is 1. The molecular formula is C24H29FN2O4P+3. The molecular weight excluding hydrogens is 430 g/mol. The Hall–Kier alpha value is -2.76. The van der Waals surface area contributed by atoms with Gasteiger partial charge in [0.05, 0.1) is 18.5 Å². The molecule has 1 aliphatic rings. The van der Waals surface area contributed by atoms with Crippen molar-refractivity contribution in [2.45, 2.75) is 32.1 Å². The number of carbonyl (C=O) groups is 2. The molecule has 1 atom stereocenters. The molecule has 1 fully saturated rings. The average molecular weight is 459 g/mol. The molecule has 0 aromatic heterocycles. The van der Waals surface area contributed by atoms with Crippen LogP contribution in [0.5, 0.6) is 5.75 Å². The Morgan fingerprint density at radius 3 is 2.38 bits per heavy atom. The van der Waals surface area contributed by atoms with Gasteiger partial charge in [-0.05, 0) is 43.7 Å². The first-order valence-electron chi connectivity index (χ1n) is 10.7. The van der Waals surface area contributed by atoms with Crippen molar-refractivity contribution in [3.05, 3.63) is 59.4 Å². The summed E-state index contributed by atoms with van der Waals surface area (Å²) in [5.41, 5.74) is 1.13. The summed E-state index contributed by atoms with van der Waals surface area (Å²) in [4.78, 5) is 40.5. The Morgan fingerprint density at radius 1 is 1.06 bits per heavy atom. The second kappa shape index (κ2) is 11.2. The van der Waals surface area contributed by atoms with Crippen LogP contribution in [0.1, 0.15) is 48.0 Å². The lowest BCUT2D eigenvalue weighted by Crippen LogP contribution is -2.80. The molecule has 1 saturated heterocycles. The van der Waals surface area contributed by atoms with Crippen LogP contribution in [-0.4, -0.2) is 57.6 Å². The summed E-state index contributed by atoms with van der Waals surface area (Å²) >= 11 is 0. The van der Waals surface area contributed by atoms with Crippen molar-refractivity contribution in [1.29, 1.82) is 0 Å². The number of rotatable bonds is 9. The second-order valence-corrected chi connectivity index (χ2v) is 8.62. The molecule has 32 heavy (non-hydrogen) atoms. The fourth-order valence-electron chi connectivity index (χ4n) is 3.63. The van der Waals surface area contributed by atoms with Crippen LogP contribution < -0.4 is 10.3 Å². The Kier molecular flexibility index (Phi) is 8.37. The van der Waals surface area contributed by atoms with E-state index in [0.717, 1.165) is 37.3 Å². The maximum absolute atomic E-state index is 13.8. The smallest absolute Gasteiger partial charge is 0.414 e. The van der Waals surface area contributed by atoms with Gasteiger partial charge in [-0.25, -0.2) is 4.79 Å². The molecule has 0 spiro atoms. The number of amides is 1. The second-order valence-electron chi connectivity index (χ2n) is 7.95. The third-order valence-electron chi connectivity index (χ3n) is 5.44. The summed E-state index contributed by atoms with van der Waals surface area (Å²) in [5.74, 6) is -1.54. The first kappa shape index (κ1) is 23.9. The molecule has 0 bridgehead atoms. The number of likely N-dealkylation sites (tertiary alicyclic amines) is 1. The molecule has 8 heteroatoms. The largest absolute Gasteiger partial charge is 0.591 e. The molecule has 2 aromatic carbocycles. The highest BCUT2D eigenvalue weighted by Crippen LogP contribution is 2.17. The van der Waals surface area contributed by atoms with Crippen molar-refractivity contribution in [2.24, 2.45) is 0 Å². The van der Waals surface area contributed by atoms with Crippen LogP contribution in [0.2, 0.25) is 0 Å². The fraction of sp³-hybridized carbons (Fsp3) is 0.333. The number of nitrogens with zero attached hydrogens (tertiary/aromatic N) is 1. The molecule has 4 N–H and O–H groups in total. The molecule has 0 aliphatic carbocycles. The zero-order valence-electron chi connectivity index (χ0n) is 17.9. The van der Waals surface area contributed by atoms with Gasteiger partial charge in [-0.2, -0.15) is 9.38 Å². The molecule has 1 aliphatic heterocycles. The Labute approximate surface area is 188 Å². The van der Waals surface area contributed by atoms with Crippen molar-refractivity contribution in [3.8, 4) is 5.75 Å². The van der Waals surface area contributed by atoms with E-state index in [1.807, 2.05) is 12.1 Å². The minimum absolute atomic E-state index is 0.0237. The highest BCUT2D eigenvalue weighted by molar-refractivity contribution is 7.27. The number of carbonyl (C=O) groups excluding carboxylic acids is 3. The summed E-state index contributed by atoms with van der Waals surface area (Å²) < 4.78 is 13.8. The predicted molar refractivity (Wildman–Crippen MR) is 126 cm³/mol. The van der Waals surface area contributed by atoms with Gasteiger partial charge in [0.15, 0.2) is 5.78 Å². The van der Waals surface area contributed by atoms with Crippen LogP contribution in [0.3, 0.4) is 0 Å². The maximum atomic E-state index is 13.8. The number of hydrogen-bond acceptors (Lipinski definition) is 3. The van der Waals surface area contributed by atoms with Gasteiger partial charge in [-0.3, -0.25) is 14.5 Å². The summed E-state index contributed by atoms with van der Waals surface area (Å²) in [6.07, 6.45) is 2.85. The third kappa shape index (κ3) is 6.62. The first-order chi connectivity index (χ1) is 15.3. The summed E-state index contributed by atoms with van der Waals surface area (Å²) in [6.45, 7) is 2.05. The Balaban J connectivity index is 1.66. The van der Waals surface area contributed by atoms with E-state index in [4.69, 9.17) is 5.11 Å². The van der Waals surface area contributed by atoms with Crippen LogP contribution in [0.15, 0.2) is 42.5 Å². The minimum atomic E-state index is -0.742. The third-order valence-corrected chi connectivity index (χ3v) is 5.82. The van der Waals surface area contributed by atoms with Crippen LogP contribution in [0.4, 0.5) is 4.39 Å². The lowest BCUT2D eigenvalue weighted by Gasteiger charge is -2.10. The van der Waals surface area contributed by atoms with E-state index in [-0.39, 0.29) is 41.6 Å². The average Bonchev–Trinajstić information content (AvgIpc) is 3.28. The van der Waals surface area contributed by atoms with E-state index >= 15 is 0 Å². The van der Waals surface area contributed by atoms with Crippen LogP contribution in [0, 0.1) is 5.82 Å².